The molecule has 2 aliphatic heterocycles. The van der Waals surface area contributed by atoms with Crippen LogP contribution in [-0.4, -0.2) is 39.4 Å². The summed E-state index contributed by atoms with van der Waals surface area (Å²) >= 11 is 7.73. The van der Waals surface area contributed by atoms with E-state index in [0.29, 0.717) is 12.6 Å². The SMILES string of the molecule is O=C1c2cccn2[C@@H]2CN(Cc3ccc(Cl)cc3)C[C@@H]2N1Cc1cccs1. The zero-order chi connectivity index (χ0) is 18.4. The van der Waals surface area contributed by atoms with Crippen molar-refractivity contribution in [2.45, 2.75) is 25.2 Å². The molecule has 2 aliphatic rings. The Morgan fingerprint density at radius 3 is 2.59 bits per heavy atom. The standard InChI is InChI=1S/C21H20ClN3OS/c22-16-7-5-15(6-8-16)11-23-13-19-20(14-23)25(12-17-3-2-10-27-17)21(26)18-4-1-9-24(18)19/h1-10,19-20H,11-14H2/t19-,20+/m1/s1. The van der Waals surface area contributed by atoms with E-state index in [1.807, 2.05) is 24.3 Å². The van der Waals surface area contributed by atoms with E-state index in [1.54, 1.807) is 11.3 Å². The van der Waals surface area contributed by atoms with Crippen LogP contribution in [0, 0.1) is 0 Å². The number of aromatic nitrogens is 1. The van der Waals surface area contributed by atoms with E-state index in [4.69, 9.17) is 11.6 Å². The molecule has 138 valence electrons. The van der Waals surface area contributed by atoms with Crippen LogP contribution >= 0.6 is 22.9 Å². The van der Waals surface area contributed by atoms with Crippen molar-refractivity contribution in [1.82, 2.24) is 14.4 Å². The Bertz CT molecular complexity index is 950. The van der Waals surface area contributed by atoms with Crippen LogP contribution in [0.5, 0.6) is 0 Å². The highest BCUT2D eigenvalue weighted by Gasteiger charge is 2.44. The van der Waals surface area contributed by atoms with Gasteiger partial charge in [0.2, 0.25) is 0 Å². The summed E-state index contributed by atoms with van der Waals surface area (Å²) in [5, 5.41) is 2.84. The minimum absolute atomic E-state index is 0.142. The maximum atomic E-state index is 13.1. The smallest absolute Gasteiger partial charge is 0.271 e. The second-order valence-corrected chi connectivity index (χ2v) is 8.74. The van der Waals surface area contributed by atoms with E-state index in [1.165, 1.54) is 10.4 Å². The van der Waals surface area contributed by atoms with Crippen LogP contribution < -0.4 is 0 Å². The largest absolute Gasteiger partial charge is 0.337 e. The van der Waals surface area contributed by atoms with Gasteiger partial charge in [-0.25, -0.2) is 0 Å². The molecule has 0 bridgehead atoms. The van der Waals surface area contributed by atoms with Crippen molar-refractivity contribution in [1.29, 1.82) is 0 Å². The monoisotopic (exact) mass is 397 g/mol. The van der Waals surface area contributed by atoms with Gasteiger partial charge >= 0.3 is 0 Å². The van der Waals surface area contributed by atoms with Gasteiger partial charge in [0.05, 0.1) is 18.6 Å². The van der Waals surface area contributed by atoms with Crippen LogP contribution in [-0.2, 0) is 13.1 Å². The summed E-state index contributed by atoms with van der Waals surface area (Å²) in [6.07, 6.45) is 2.05. The minimum atomic E-state index is 0.142. The lowest BCUT2D eigenvalue weighted by molar-refractivity contribution is 0.0559. The van der Waals surface area contributed by atoms with Crippen molar-refractivity contribution in [2.24, 2.45) is 0 Å². The van der Waals surface area contributed by atoms with Crippen molar-refractivity contribution in [3.63, 3.8) is 0 Å². The Morgan fingerprint density at radius 1 is 1.00 bits per heavy atom. The second-order valence-electron chi connectivity index (χ2n) is 7.27. The van der Waals surface area contributed by atoms with Gasteiger partial charge in [-0.15, -0.1) is 11.3 Å². The van der Waals surface area contributed by atoms with Gasteiger partial charge in [-0.1, -0.05) is 29.8 Å². The minimum Gasteiger partial charge on any atom is -0.337 e. The maximum Gasteiger partial charge on any atom is 0.271 e. The average molecular weight is 398 g/mol. The second kappa shape index (κ2) is 6.82. The zero-order valence-electron chi connectivity index (χ0n) is 14.8. The number of rotatable bonds is 4. The molecule has 2 aromatic heterocycles. The Hall–Kier alpha value is -2.08. The van der Waals surface area contributed by atoms with E-state index in [-0.39, 0.29) is 11.9 Å². The number of hydrogen-bond donors (Lipinski definition) is 0. The number of carbonyl (C=O) groups is 1. The van der Waals surface area contributed by atoms with Gasteiger partial charge in [0.15, 0.2) is 0 Å². The van der Waals surface area contributed by atoms with Gasteiger partial charge < -0.3 is 9.47 Å². The quantitative estimate of drug-likeness (QED) is 0.657. The summed E-state index contributed by atoms with van der Waals surface area (Å²) in [6, 6.07) is 16.7. The Morgan fingerprint density at radius 2 is 1.81 bits per heavy atom. The normalized spacial score (nSPS) is 22.1. The van der Waals surface area contributed by atoms with E-state index in [2.05, 4.69) is 50.2 Å². The van der Waals surface area contributed by atoms with Gasteiger partial charge in [0.25, 0.3) is 5.91 Å². The van der Waals surface area contributed by atoms with Crippen LogP contribution in [0.4, 0.5) is 0 Å². The van der Waals surface area contributed by atoms with Crippen molar-refractivity contribution in [2.75, 3.05) is 13.1 Å². The van der Waals surface area contributed by atoms with E-state index < -0.39 is 0 Å². The van der Waals surface area contributed by atoms with Gasteiger partial charge in [-0.3, -0.25) is 9.69 Å². The highest BCUT2D eigenvalue weighted by atomic mass is 35.5. The molecular formula is C21H20ClN3OS. The summed E-state index contributed by atoms with van der Waals surface area (Å²) in [6.45, 7) is 3.41. The lowest BCUT2D eigenvalue weighted by Crippen LogP contribution is -2.49. The van der Waals surface area contributed by atoms with Gasteiger partial charge in [-0.2, -0.15) is 0 Å². The first-order valence-corrected chi connectivity index (χ1v) is 10.4. The van der Waals surface area contributed by atoms with Crippen LogP contribution in [0.3, 0.4) is 0 Å². The number of benzene rings is 1. The third kappa shape index (κ3) is 3.10. The number of nitrogens with zero attached hydrogens (tertiary/aromatic N) is 3. The Kier molecular flexibility index (Phi) is 4.31. The predicted octanol–water partition coefficient (Wildman–Crippen LogP) is 4.28. The summed E-state index contributed by atoms with van der Waals surface area (Å²) in [7, 11) is 0. The molecule has 1 saturated heterocycles. The number of halogens is 1. The number of thiophene rings is 1. The van der Waals surface area contributed by atoms with Gasteiger partial charge in [0, 0.05) is 35.7 Å². The molecule has 1 fully saturated rings. The Labute approximate surface area is 167 Å². The number of amides is 1. The highest BCUT2D eigenvalue weighted by Crippen LogP contribution is 2.35. The predicted molar refractivity (Wildman–Crippen MR) is 108 cm³/mol. The molecule has 0 unspecified atom stereocenters. The molecule has 1 aromatic carbocycles. The first-order chi connectivity index (χ1) is 13.2. The first-order valence-electron chi connectivity index (χ1n) is 9.16. The Balaban J connectivity index is 1.42. The molecule has 0 radical (unpaired) electrons. The molecule has 2 atom stereocenters. The molecule has 0 N–H and O–H groups in total. The molecule has 0 spiro atoms. The molecule has 27 heavy (non-hydrogen) atoms. The number of carbonyl (C=O) groups excluding carboxylic acids is 1. The average Bonchev–Trinajstić information content (AvgIpc) is 3.40. The van der Waals surface area contributed by atoms with Crippen molar-refractivity contribution >= 4 is 28.8 Å². The maximum absolute atomic E-state index is 13.1. The zero-order valence-corrected chi connectivity index (χ0v) is 16.4. The third-order valence-electron chi connectivity index (χ3n) is 5.58. The fourth-order valence-electron chi connectivity index (χ4n) is 4.33. The van der Waals surface area contributed by atoms with Crippen LogP contribution in [0.2, 0.25) is 5.02 Å². The lowest BCUT2D eigenvalue weighted by Gasteiger charge is -2.38. The lowest BCUT2D eigenvalue weighted by atomic mass is 10.1. The first kappa shape index (κ1) is 17.0. The molecule has 6 heteroatoms. The molecule has 0 aliphatic carbocycles. The summed E-state index contributed by atoms with van der Waals surface area (Å²) in [5.74, 6) is 0.142. The molecule has 1 amide bonds. The summed E-state index contributed by atoms with van der Waals surface area (Å²) in [4.78, 5) is 18.9. The molecule has 5 rings (SSSR count). The third-order valence-corrected chi connectivity index (χ3v) is 6.69. The van der Waals surface area contributed by atoms with Crippen molar-refractivity contribution < 1.29 is 4.79 Å². The number of fused-ring (bicyclic) bond motifs is 3. The van der Waals surface area contributed by atoms with Crippen LogP contribution in [0.25, 0.3) is 0 Å². The molecular weight excluding hydrogens is 378 g/mol. The fourth-order valence-corrected chi connectivity index (χ4v) is 5.15. The molecule has 4 heterocycles. The van der Waals surface area contributed by atoms with Crippen molar-refractivity contribution in [3.05, 3.63) is 81.3 Å². The summed E-state index contributed by atoms with van der Waals surface area (Å²) < 4.78 is 2.18. The van der Waals surface area contributed by atoms with Gasteiger partial charge in [0.1, 0.15) is 5.69 Å². The highest BCUT2D eigenvalue weighted by molar-refractivity contribution is 7.09. The van der Waals surface area contributed by atoms with E-state index >= 15 is 0 Å². The van der Waals surface area contributed by atoms with E-state index in [0.717, 1.165) is 30.4 Å². The topological polar surface area (TPSA) is 28.5 Å². The molecule has 4 nitrogen and oxygen atoms in total. The fraction of sp³-hybridized carbons (Fsp3) is 0.286. The van der Waals surface area contributed by atoms with Crippen molar-refractivity contribution in [3.8, 4) is 0 Å². The summed E-state index contributed by atoms with van der Waals surface area (Å²) in [5.41, 5.74) is 2.06. The van der Waals surface area contributed by atoms with E-state index in [9.17, 15) is 4.79 Å². The van der Waals surface area contributed by atoms with Crippen LogP contribution in [0.1, 0.15) is 27.0 Å². The molecule has 0 saturated carbocycles. The number of likely N-dealkylation sites (tertiary alicyclic amines) is 1. The van der Waals surface area contributed by atoms with Gasteiger partial charge in [-0.05, 0) is 41.3 Å². The van der Waals surface area contributed by atoms with Crippen LogP contribution in [0.15, 0.2) is 60.1 Å². The number of hydrogen-bond acceptors (Lipinski definition) is 3. The molecule has 3 aromatic rings.